The second-order valence-corrected chi connectivity index (χ2v) is 3.65. The Hall–Kier alpha value is -2.71. The van der Waals surface area contributed by atoms with E-state index in [1.54, 1.807) is 24.9 Å². The second kappa shape index (κ2) is 4.28. The van der Waals surface area contributed by atoms with E-state index >= 15 is 0 Å². The first-order valence-corrected chi connectivity index (χ1v) is 4.99. The van der Waals surface area contributed by atoms with Crippen molar-refractivity contribution < 1.29 is 9.72 Å². The average molecular weight is 250 g/mol. The quantitative estimate of drug-likeness (QED) is 0.611. The highest BCUT2D eigenvalue weighted by Gasteiger charge is 2.17. The number of nitrogens with zero attached hydrogens (tertiary/aromatic N) is 4. The highest BCUT2D eigenvalue weighted by atomic mass is 16.6. The summed E-state index contributed by atoms with van der Waals surface area (Å²) in [6.07, 6.45) is 1.63. The van der Waals surface area contributed by atoms with E-state index in [0.717, 1.165) is 6.07 Å². The van der Waals surface area contributed by atoms with Gasteiger partial charge < -0.3 is 15.4 Å². The Kier molecular flexibility index (Phi) is 2.80. The molecule has 2 aromatic rings. The van der Waals surface area contributed by atoms with Crippen LogP contribution in [0.1, 0.15) is 16.2 Å². The molecule has 2 rings (SSSR count). The number of amides is 1. The maximum atomic E-state index is 11.8. The first kappa shape index (κ1) is 11.8. The molecule has 2 heterocycles. The number of rotatable bonds is 3. The van der Waals surface area contributed by atoms with Crippen LogP contribution in [-0.2, 0) is 7.05 Å². The fraction of sp³-hybridized carbons (Fsp3) is 0.222. The van der Waals surface area contributed by atoms with Gasteiger partial charge in [-0.1, -0.05) is 5.10 Å². The normalized spacial score (nSPS) is 10.3. The van der Waals surface area contributed by atoms with Gasteiger partial charge in [-0.05, 0) is 11.8 Å². The van der Waals surface area contributed by atoms with Crippen LogP contribution < -0.4 is 5.32 Å². The molecule has 0 aromatic carbocycles. The highest BCUT2D eigenvalue weighted by Crippen LogP contribution is 2.14. The Morgan fingerprint density at radius 2 is 2.33 bits per heavy atom. The number of carbonyl (C=O) groups excluding carboxylic acids is 1. The van der Waals surface area contributed by atoms with Crippen LogP contribution >= 0.6 is 0 Å². The number of anilines is 1. The molecule has 0 radical (unpaired) electrons. The molecular formula is C9H10N6O3. The zero-order valence-electron chi connectivity index (χ0n) is 9.67. The van der Waals surface area contributed by atoms with Crippen LogP contribution in [0.25, 0.3) is 0 Å². The molecule has 0 bridgehead atoms. The van der Waals surface area contributed by atoms with Crippen molar-refractivity contribution in [3.05, 3.63) is 33.8 Å². The van der Waals surface area contributed by atoms with Gasteiger partial charge in [0, 0.05) is 13.2 Å². The average Bonchev–Trinajstić information content (AvgIpc) is 2.86. The van der Waals surface area contributed by atoms with Crippen LogP contribution in [0.15, 0.2) is 12.3 Å². The van der Waals surface area contributed by atoms with Gasteiger partial charge in [0.15, 0.2) is 5.69 Å². The standard InChI is InChI=1S/C9H10N6O3/c1-5-7(4-14(2)13-5)10-9(16)6-3-8(12-11-6)15(17)18/h3-4H,1-2H3,(H,10,16)(H,11,12). The molecule has 94 valence electrons. The molecule has 0 aliphatic carbocycles. The Bertz CT molecular complexity index is 614. The van der Waals surface area contributed by atoms with E-state index < -0.39 is 10.8 Å². The van der Waals surface area contributed by atoms with Crippen LogP contribution in [0.2, 0.25) is 0 Å². The van der Waals surface area contributed by atoms with Crippen LogP contribution in [0.5, 0.6) is 0 Å². The van der Waals surface area contributed by atoms with Crippen LogP contribution in [-0.4, -0.2) is 30.8 Å². The van der Waals surface area contributed by atoms with E-state index in [4.69, 9.17) is 0 Å². The second-order valence-electron chi connectivity index (χ2n) is 3.65. The van der Waals surface area contributed by atoms with Crippen molar-refractivity contribution in [2.75, 3.05) is 5.32 Å². The molecule has 2 N–H and O–H groups in total. The molecule has 1 amide bonds. The Balaban J connectivity index is 2.16. The van der Waals surface area contributed by atoms with Crippen molar-refractivity contribution >= 4 is 17.4 Å². The Labute approximate surface area is 101 Å². The van der Waals surface area contributed by atoms with Crippen molar-refractivity contribution in [1.82, 2.24) is 20.0 Å². The molecule has 0 spiro atoms. The van der Waals surface area contributed by atoms with Gasteiger partial charge in [0.1, 0.15) is 0 Å². The van der Waals surface area contributed by atoms with Gasteiger partial charge in [-0.3, -0.25) is 9.48 Å². The molecule has 0 saturated carbocycles. The minimum absolute atomic E-state index is 0.0510. The van der Waals surface area contributed by atoms with E-state index in [0.29, 0.717) is 11.4 Å². The Morgan fingerprint density at radius 1 is 1.61 bits per heavy atom. The van der Waals surface area contributed by atoms with Crippen molar-refractivity contribution in [1.29, 1.82) is 0 Å². The third kappa shape index (κ3) is 2.19. The van der Waals surface area contributed by atoms with Crippen molar-refractivity contribution in [2.24, 2.45) is 7.05 Å². The summed E-state index contributed by atoms with van der Waals surface area (Å²) >= 11 is 0. The van der Waals surface area contributed by atoms with Gasteiger partial charge >= 0.3 is 5.82 Å². The lowest BCUT2D eigenvalue weighted by Gasteiger charge is -1.98. The van der Waals surface area contributed by atoms with Gasteiger partial charge in [-0.15, -0.1) is 5.10 Å². The third-order valence-electron chi connectivity index (χ3n) is 2.26. The van der Waals surface area contributed by atoms with E-state index in [9.17, 15) is 14.9 Å². The third-order valence-corrected chi connectivity index (χ3v) is 2.26. The van der Waals surface area contributed by atoms with Gasteiger partial charge in [0.05, 0.1) is 17.4 Å². The minimum Gasteiger partial charge on any atom is -0.358 e. The highest BCUT2D eigenvalue weighted by molar-refractivity contribution is 6.03. The summed E-state index contributed by atoms with van der Waals surface area (Å²) in [7, 11) is 1.72. The number of hydrogen-bond donors (Lipinski definition) is 2. The molecule has 9 heteroatoms. The van der Waals surface area contributed by atoms with Crippen molar-refractivity contribution in [3.8, 4) is 0 Å². The monoisotopic (exact) mass is 250 g/mol. The molecular weight excluding hydrogens is 240 g/mol. The number of carbonyl (C=O) groups is 1. The molecule has 0 aliphatic rings. The fourth-order valence-corrected chi connectivity index (χ4v) is 1.43. The summed E-state index contributed by atoms with van der Waals surface area (Å²) in [4.78, 5) is 21.5. The van der Waals surface area contributed by atoms with E-state index in [-0.39, 0.29) is 11.5 Å². The van der Waals surface area contributed by atoms with E-state index in [1.165, 1.54) is 0 Å². The molecule has 2 aromatic heterocycles. The molecule has 18 heavy (non-hydrogen) atoms. The summed E-state index contributed by atoms with van der Waals surface area (Å²) in [5, 5.41) is 22.8. The zero-order valence-corrected chi connectivity index (χ0v) is 9.67. The minimum atomic E-state index is -0.654. The molecule has 9 nitrogen and oxygen atoms in total. The molecule has 0 saturated heterocycles. The fourth-order valence-electron chi connectivity index (χ4n) is 1.43. The lowest BCUT2D eigenvalue weighted by atomic mass is 10.3. The predicted octanol–water partition coefficient (Wildman–Crippen LogP) is 0.612. The number of aromatic amines is 1. The maximum Gasteiger partial charge on any atom is 0.343 e. The van der Waals surface area contributed by atoms with E-state index in [1.807, 2.05) is 0 Å². The lowest BCUT2D eigenvalue weighted by molar-refractivity contribution is -0.389. The summed E-state index contributed by atoms with van der Waals surface area (Å²) in [5.41, 5.74) is 1.13. The SMILES string of the molecule is Cc1nn(C)cc1NC(=O)c1cc([N+](=O)[O-])[nH]n1. The predicted molar refractivity (Wildman–Crippen MR) is 61.1 cm³/mol. The summed E-state index contributed by atoms with van der Waals surface area (Å²) in [5.74, 6) is -0.862. The molecule has 0 atom stereocenters. The van der Waals surface area contributed by atoms with Gasteiger partial charge in [-0.25, -0.2) is 0 Å². The topological polar surface area (TPSA) is 119 Å². The zero-order chi connectivity index (χ0) is 13.3. The molecule has 0 aliphatic heterocycles. The molecule has 0 fully saturated rings. The van der Waals surface area contributed by atoms with Crippen LogP contribution in [0, 0.1) is 17.0 Å². The lowest BCUT2D eigenvalue weighted by Crippen LogP contribution is -2.12. The van der Waals surface area contributed by atoms with E-state index in [2.05, 4.69) is 20.6 Å². The first-order chi connectivity index (χ1) is 8.47. The van der Waals surface area contributed by atoms with Crippen molar-refractivity contribution in [3.63, 3.8) is 0 Å². The number of H-pyrrole nitrogens is 1. The maximum absolute atomic E-state index is 11.8. The summed E-state index contributed by atoms with van der Waals surface area (Å²) < 4.78 is 1.55. The summed E-state index contributed by atoms with van der Waals surface area (Å²) in [6.45, 7) is 1.74. The van der Waals surface area contributed by atoms with Gasteiger partial charge in [0.25, 0.3) is 5.91 Å². The number of nitro groups is 1. The summed E-state index contributed by atoms with van der Waals surface area (Å²) in [6, 6.07) is 1.07. The number of hydrogen-bond acceptors (Lipinski definition) is 5. The van der Waals surface area contributed by atoms with Crippen LogP contribution in [0.4, 0.5) is 11.5 Å². The van der Waals surface area contributed by atoms with Crippen LogP contribution in [0.3, 0.4) is 0 Å². The number of nitrogens with one attached hydrogen (secondary N) is 2. The largest absolute Gasteiger partial charge is 0.358 e. The number of aryl methyl sites for hydroxylation is 2. The van der Waals surface area contributed by atoms with Gasteiger partial charge in [-0.2, -0.15) is 5.10 Å². The van der Waals surface area contributed by atoms with Crippen molar-refractivity contribution in [2.45, 2.75) is 6.92 Å². The Morgan fingerprint density at radius 3 is 2.83 bits per heavy atom. The van der Waals surface area contributed by atoms with Gasteiger partial charge in [0.2, 0.25) is 0 Å². The smallest absolute Gasteiger partial charge is 0.343 e. The molecule has 0 unspecified atom stereocenters. The first-order valence-electron chi connectivity index (χ1n) is 4.99. The number of aromatic nitrogens is 4.